The van der Waals surface area contributed by atoms with Gasteiger partial charge in [0.1, 0.15) is 0 Å². The lowest BCUT2D eigenvalue weighted by atomic mass is 10.2. The minimum Gasteiger partial charge on any atom is -0.399 e. The van der Waals surface area contributed by atoms with Gasteiger partial charge in [0.05, 0.1) is 0 Å². The standard InChI is InChI=1S/C16H19N3O/c1-19(15-8-3-2-4-9-15)11-10-18-16(20)13-6-5-7-14(17)12-13/h2-9,12H,10-11,17H2,1H3,(H,18,20). The van der Waals surface area contributed by atoms with Crippen molar-refractivity contribution in [1.82, 2.24) is 5.32 Å². The predicted molar refractivity (Wildman–Crippen MR) is 82.9 cm³/mol. The number of benzene rings is 2. The van der Waals surface area contributed by atoms with Gasteiger partial charge in [0.25, 0.3) is 5.91 Å². The van der Waals surface area contributed by atoms with E-state index in [0.29, 0.717) is 17.8 Å². The van der Waals surface area contributed by atoms with E-state index in [2.05, 4.69) is 10.2 Å². The lowest BCUT2D eigenvalue weighted by molar-refractivity contribution is 0.0955. The second-order valence-electron chi connectivity index (χ2n) is 4.64. The molecule has 0 spiro atoms. The second-order valence-corrected chi connectivity index (χ2v) is 4.64. The van der Waals surface area contributed by atoms with Crippen LogP contribution < -0.4 is 16.0 Å². The van der Waals surface area contributed by atoms with E-state index in [-0.39, 0.29) is 5.91 Å². The van der Waals surface area contributed by atoms with Crippen molar-refractivity contribution >= 4 is 17.3 Å². The molecule has 0 atom stereocenters. The third-order valence-corrected chi connectivity index (χ3v) is 3.08. The molecule has 0 unspecified atom stereocenters. The van der Waals surface area contributed by atoms with Crippen LogP contribution in [0.25, 0.3) is 0 Å². The van der Waals surface area contributed by atoms with Crippen molar-refractivity contribution in [3.05, 3.63) is 60.2 Å². The predicted octanol–water partition coefficient (Wildman–Crippen LogP) is 2.13. The van der Waals surface area contributed by atoms with Crippen molar-refractivity contribution < 1.29 is 4.79 Å². The highest BCUT2D eigenvalue weighted by atomic mass is 16.1. The molecule has 0 radical (unpaired) electrons. The third-order valence-electron chi connectivity index (χ3n) is 3.08. The van der Waals surface area contributed by atoms with Gasteiger partial charge in [0.15, 0.2) is 0 Å². The van der Waals surface area contributed by atoms with Gasteiger partial charge in [-0.15, -0.1) is 0 Å². The van der Waals surface area contributed by atoms with E-state index in [0.717, 1.165) is 12.2 Å². The quantitative estimate of drug-likeness (QED) is 0.818. The summed E-state index contributed by atoms with van der Waals surface area (Å²) in [6, 6.07) is 17.0. The Hall–Kier alpha value is -2.49. The maximum Gasteiger partial charge on any atom is 0.251 e. The van der Waals surface area contributed by atoms with Crippen molar-refractivity contribution in [3.63, 3.8) is 0 Å². The molecule has 0 aliphatic carbocycles. The molecule has 0 saturated carbocycles. The zero-order valence-corrected chi connectivity index (χ0v) is 11.5. The number of anilines is 2. The van der Waals surface area contributed by atoms with Gasteiger partial charge < -0.3 is 16.0 Å². The third kappa shape index (κ3) is 3.75. The lowest BCUT2D eigenvalue weighted by Crippen LogP contribution is -2.32. The summed E-state index contributed by atoms with van der Waals surface area (Å²) in [4.78, 5) is 14.0. The molecular formula is C16H19N3O. The minimum absolute atomic E-state index is 0.0984. The molecule has 1 amide bonds. The van der Waals surface area contributed by atoms with Gasteiger partial charge in [-0.2, -0.15) is 0 Å². The highest BCUT2D eigenvalue weighted by Crippen LogP contribution is 2.10. The van der Waals surface area contributed by atoms with Crippen molar-refractivity contribution in [2.45, 2.75) is 0 Å². The normalized spacial score (nSPS) is 10.1. The van der Waals surface area contributed by atoms with Crippen LogP contribution in [0.3, 0.4) is 0 Å². The molecule has 2 aromatic rings. The summed E-state index contributed by atoms with van der Waals surface area (Å²) >= 11 is 0. The Morgan fingerprint density at radius 1 is 1.15 bits per heavy atom. The van der Waals surface area contributed by atoms with E-state index < -0.39 is 0 Å². The lowest BCUT2D eigenvalue weighted by Gasteiger charge is -2.19. The van der Waals surface area contributed by atoms with Crippen LogP contribution in [-0.4, -0.2) is 26.0 Å². The molecule has 0 saturated heterocycles. The fourth-order valence-corrected chi connectivity index (χ4v) is 1.93. The first-order chi connectivity index (χ1) is 9.66. The van der Waals surface area contributed by atoms with Gasteiger partial charge in [-0.25, -0.2) is 0 Å². The molecule has 3 N–H and O–H groups in total. The Morgan fingerprint density at radius 2 is 1.90 bits per heavy atom. The molecule has 0 bridgehead atoms. The van der Waals surface area contributed by atoms with Crippen molar-refractivity contribution in [2.75, 3.05) is 30.8 Å². The fraction of sp³-hybridized carbons (Fsp3) is 0.188. The average molecular weight is 269 g/mol. The second kappa shape index (κ2) is 6.61. The number of rotatable bonds is 5. The molecule has 0 aliphatic heterocycles. The van der Waals surface area contributed by atoms with E-state index in [1.54, 1.807) is 24.3 Å². The zero-order chi connectivity index (χ0) is 14.4. The fourth-order valence-electron chi connectivity index (χ4n) is 1.93. The average Bonchev–Trinajstić information content (AvgIpc) is 2.48. The number of hydrogen-bond donors (Lipinski definition) is 2. The van der Waals surface area contributed by atoms with E-state index in [9.17, 15) is 4.79 Å². The molecule has 4 nitrogen and oxygen atoms in total. The van der Waals surface area contributed by atoms with Gasteiger partial charge in [-0.3, -0.25) is 4.79 Å². The Balaban J connectivity index is 1.83. The monoisotopic (exact) mass is 269 g/mol. The van der Waals surface area contributed by atoms with Crippen molar-refractivity contribution in [2.24, 2.45) is 0 Å². The van der Waals surface area contributed by atoms with E-state index >= 15 is 0 Å². The van der Waals surface area contributed by atoms with Crippen LogP contribution in [0.4, 0.5) is 11.4 Å². The van der Waals surface area contributed by atoms with E-state index in [1.165, 1.54) is 0 Å². The number of nitrogens with zero attached hydrogens (tertiary/aromatic N) is 1. The first-order valence-electron chi connectivity index (χ1n) is 6.57. The Morgan fingerprint density at radius 3 is 2.60 bits per heavy atom. The van der Waals surface area contributed by atoms with Crippen molar-refractivity contribution in [3.8, 4) is 0 Å². The number of nitrogens with one attached hydrogen (secondary N) is 1. The van der Waals surface area contributed by atoms with E-state index in [4.69, 9.17) is 5.73 Å². The summed E-state index contributed by atoms with van der Waals surface area (Å²) in [5, 5.41) is 2.89. The molecule has 0 heterocycles. The van der Waals surface area contributed by atoms with Crippen LogP contribution in [0.1, 0.15) is 10.4 Å². The minimum atomic E-state index is -0.0984. The Labute approximate surface area is 119 Å². The Bertz CT molecular complexity index is 569. The number of para-hydroxylation sites is 1. The number of nitrogen functional groups attached to an aromatic ring is 1. The van der Waals surface area contributed by atoms with Crippen LogP contribution >= 0.6 is 0 Å². The van der Waals surface area contributed by atoms with Gasteiger partial charge in [-0.1, -0.05) is 24.3 Å². The molecule has 2 aromatic carbocycles. The maximum atomic E-state index is 11.9. The first-order valence-corrected chi connectivity index (χ1v) is 6.57. The molecule has 0 aliphatic rings. The van der Waals surface area contributed by atoms with Gasteiger partial charge in [0.2, 0.25) is 0 Å². The highest BCUT2D eigenvalue weighted by molar-refractivity contribution is 5.94. The molecule has 2 rings (SSSR count). The largest absolute Gasteiger partial charge is 0.399 e. The molecule has 0 aromatic heterocycles. The summed E-state index contributed by atoms with van der Waals surface area (Å²) in [7, 11) is 2.00. The van der Waals surface area contributed by atoms with Crippen LogP contribution in [0.5, 0.6) is 0 Å². The first kappa shape index (κ1) is 13.9. The number of likely N-dealkylation sites (N-methyl/N-ethyl adjacent to an activating group) is 1. The topological polar surface area (TPSA) is 58.4 Å². The molecule has 104 valence electrons. The van der Waals surface area contributed by atoms with Gasteiger partial charge in [0, 0.05) is 37.1 Å². The summed E-state index contributed by atoms with van der Waals surface area (Å²) in [6.07, 6.45) is 0. The summed E-state index contributed by atoms with van der Waals surface area (Å²) < 4.78 is 0. The number of amides is 1. The highest BCUT2D eigenvalue weighted by Gasteiger charge is 2.05. The van der Waals surface area contributed by atoms with E-state index in [1.807, 2.05) is 37.4 Å². The number of carbonyl (C=O) groups is 1. The zero-order valence-electron chi connectivity index (χ0n) is 11.5. The SMILES string of the molecule is CN(CCNC(=O)c1cccc(N)c1)c1ccccc1. The number of nitrogens with two attached hydrogens (primary N) is 1. The van der Waals surface area contributed by atoms with Gasteiger partial charge >= 0.3 is 0 Å². The van der Waals surface area contributed by atoms with Crippen molar-refractivity contribution in [1.29, 1.82) is 0 Å². The summed E-state index contributed by atoms with van der Waals surface area (Å²) in [5.74, 6) is -0.0984. The molecule has 4 heteroatoms. The smallest absolute Gasteiger partial charge is 0.251 e. The molecular weight excluding hydrogens is 250 g/mol. The Kier molecular flexibility index (Phi) is 4.60. The summed E-state index contributed by atoms with van der Waals surface area (Å²) in [6.45, 7) is 1.33. The number of carbonyl (C=O) groups excluding carboxylic acids is 1. The van der Waals surface area contributed by atoms with Crippen LogP contribution in [0.15, 0.2) is 54.6 Å². The van der Waals surface area contributed by atoms with Crippen LogP contribution in [0.2, 0.25) is 0 Å². The van der Waals surface area contributed by atoms with Crippen LogP contribution in [-0.2, 0) is 0 Å². The van der Waals surface area contributed by atoms with Gasteiger partial charge in [-0.05, 0) is 30.3 Å². The molecule has 20 heavy (non-hydrogen) atoms. The van der Waals surface area contributed by atoms with Crippen LogP contribution in [0, 0.1) is 0 Å². The number of hydrogen-bond acceptors (Lipinski definition) is 3. The molecule has 0 fully saturated rings. The summed E-state index contributed by atoms with van der Waals surface area (Å²) in [5.41, 5.74) is 7.98. The maximum absolute atomic E-state index is 11.9.